The fourth-order valence-electron chi connectivity index (χ4n) is 7.43. The molecule has 0 nitrogen and oxygen atoms in total. The van der Waals surface area contributed by atoms with E-state index in [0.29, 0.717) is 0 Å². The standard InChI is InChI=1S/C43H28/c1-2-12-28(13-3-1)42-35-18-8-10-20-37(35)43(38-21-11-9-19-36(38)42)30-24-22-29(23-25-30)41-34-17-7-5-15-32(34)26-39-33-16-6-4-14-31(33)27-40(39)41/h1-26H,27H2. The minimum absolute atomic E-state index is 0.976. The van der Waals surface area contributed by atoms with Crippen LogP contribution in [-0.4, -0.2) is 0 Å². The molecule has 43 heavy (non-hydrogen) atoms. The molecule has 0 aromatic heterocycles. The van der Waals surface area contributed by atoms with Crippen LogP contribution in [0, 0.1) is 0 Å². The maximum absolute atomic E-state index is 2.39. The topological polar surface area (TPSA) is 0 Å². The molecule has 200 valence electrons. The second-order valence-corrected chi connectivity index (χ2v) is 11.6. The summed E-state index contributed by atoms with van der Waals surface area (Å²) in [5.41, 5.74) is 13.4. The van der Waals surface area contributed by atoms with Crippen molar-refractivity contribution < 1.29 is 0 Å². The number of rotatable bonds is 3. The molecule has 8 aromatic rings. The predicted octanol–water partition coefficient (Wildman–Crippen LogP) is 11.7. The molecule has 0 spiro atoms. The van der Waals surface area contributed by atoms with Gasteiger partial charge in [0.1, 0.15) is 0 Å². The molecule has 0 heterocycles. The maximum Gasteiger partial charge on any atom is -0.000706 e. The number of hydrogen-bond donors (Lipinski definition) is 0. The van der Waals surface area contributed by atoms with Crippen molar-refractivity contribution in [1.29, 1.82) is 0 Å². The van der Waals surface area contributed by atoms with Gasteiger partial charge in [0.25, 0.3) is 0 Å². The molecule has 9 rings (SSSR count). The average Bonchev–Trinajstić information content (AvgIpc) is 3.44. The molecule has 0 N–H and O–H groups in total. The van der Waals surface area contributed by atoms with E-state index in [-0.39, 0.29) is 0 Å². The second-order valence-electron chi connectivity index (χ2n) is 11.6. The summed E-state index contributed by atoms with van der Waals surface area (Å²) >= 11 is 0. The van der Waals surface area contributed by atoms with Gasteiger partial charge in [0, 0.05) is 0 Å². The SMILES string of the molecule is c1ccc(-c2c3ccccc3c(-c3ccc(-c4c5c(cc6ccccc46)-c4ccccc4C5)cc3)c3ccccc23)cc1. The third-order valence-corrected chi connectivity index (χ3v) is 9.29. The number of fused-ring (bicyclic) bond motifs is 6. The zero-order valence-corrected chi connectivity index (χ0v) is 23.7. The van der Waals surface area contributed by atoms with Gasteiger partial charge in [0.05, 0.1) is 0 Å². The van der Waals surface area contributed by atoms with Crippen LogP contribution in [0.2, 0.25) is 0 Å². The fraction of sp³-hybridized carbons (Fsp3) is 0.0233. The van der Waals surface area contributed by atoms with E-state index in [2.05, 4.69) is 158 Å². The molecule has 1 aliphatic rings. The Bertz CT molecular complexity index is 2280. The molecule has 0 unspecified atom stereocenters. The summed E-state index contributed by atoms with van der Waals surface area (Å²) in [6, 6.07) is 58.1. The Morgan fingerprint density at radius 1 is 0.326 bits per heavy atom. The highest BCUT2D eigenvalue weighted by Gasteiger charge is 2.24. The Morgan fingerprint density at radius 3 is 1.42 bits per heavy atom. The van der Waals surface area contributed by atoms with Gasteiger partial charge >= 0.3 is 0 Å². The molecule has 0 saturated heterocycles. The van der Waals surface area contributed by atoms with Gasteiger partial charge in [0.2, 0.25) is 0 Å². The minimum atomic E-state index is 0.976. The van der Waals surface area contributed by atoms with Gasteiger partial charge in [0.15, 0.2) is 0 Å². The summed E-state index contributed by atoms with van der Waals surface area (Å²) < 4.78 is 0. The summed E-state index contributed by atoms with van der Waals surface area (Å²) in [4.78, 5) is 0. The lowest BCUT2D eigenvalue weighted by Crippen LogP contribution is -1.92. The van der Waals surface area contributed by atoms with Crippen LogP contribution in [0.1, 0.15) is 11.1 Å². The first-order valence-corrected chi connectivity index (χ1v) is 15.1. The molecule has 8 aromatic carbocycles. The maximum atomic E-state index is 2.39. The van der Waals surface area contributed by atoms with Crippen LogP contribution in [0.5, 0.6) is 0 Å². The van der Waals surface area contributed by atoms with Gasteiger partial charge < -0.3 is 0 Å². The predicted molar refractivity (Wildman–Crippen MR) is 184 cm³/mol. The number of hydrogen-bond acceptors (Lipinski definition) is 0. The molecule has 0 amide bonds. The first-order chi connectivity index (χ1) is 21.3. The van der Waals surface area contributed by atoms with E-state index in [9.17, 15) is 0 Å². The Balaban J connectivity index is 1.27. The monoisotopic (exact) mass is 544 g/mol. The third-order valence-electron chi connectivity index (χ3n) is 9.29. The number of benzene rings is 8. The zero-order valence-electron chi connectivity index (χ0n) is 23.7. The van der Waals surface area contributed by atoms with Crippen LogP contribution >= 0.6 is 0 Å². The summed E-state index contributed by atoms with van der Waals surface area (Å²) in [5.74, 6) is 0. The van der Waals surface area contributed by atoms with Crippen molar-refractivity contribution in [1.82, 2.24) is 0 Å². The Morgan fingerprint density at radius 2 is 0.791 bits per heavy atom. The van der Waals surface area contributed by atoms with E-state index in [1.807, 2.05) is 0 Å². The van der Waals surface area contributed by atoms with Gasteiger partial charge in [-0.1, -0.05) is 152 Å². The van der Waals surface area contributed by atoms with Crippen LogP contribution in [0.15, 0.2) is 158 Å². The van der Waals surface area contributed by atoms with Gasteiger partial charge in [-0.15, -0.1) is 0 Å². The zero-order chi connectivity index (χ0) is 28.3. The van der Waals surface area contributed by atoms with Crippen molar-refractivity contribution in [3.8, 4) is 44.5 Å². The molecule has 0 radical (unpaired) electrons. The third kappa shape index (κ3) is 3.70. The highest BCUT2D eigenvalue weighted by Crippen LogP contribution is 2.47. The first kappa shape index (κ1) is 24.2. The normalized spacial score (nSPS) is 12.1. The average molecular weight is 545 g/mol. The minimum Gasteiger partial charge on any atom is -0.0622 e. The van der Waals surface area contributed by atoms with E-state index in [0.717, 1.165) is 6.42 Å². The molecule has 1 aliphatic carbocycles. The van der Waals surface area contributed by atoms with Gasteiger partial charge in [-0.2, -0.15) is 0 Å². The Labute approximate surface area is 251 Å². The summed E-state index contributed by atoms with van der Waals surface area (Å²) in [7, 11) is 0. The molecule has 0 atom stereocenters. The van der Waals surface area contributed by atoms with Crippen LogP contribution in [0.3, 0.4) is 0 Å². The lowest BCUT2D eigenvalue weighted by Gasteiger charge is -2.18. The van der Waals surface area contributed by atoms with Crippen molar-refractivity contribution in [2.75, 3.05) is 0 Å². The quantitative estimate of drug-likeness (QED) is 0.194. The van der Waals surface area contributed by atoms with Crippen LogP contribution in [0.4, 0.5) is 0 Å². The molecular weight excluding hydrogens is 516 g/mol. The van der Waals surface area contributed by atoms with Crippen molar-refractivity contribution in [2.45, 2.75) is 6.42 Å². The van der Waals surface area contributed by atoms with E-state index >= 15 is 0 Å². The highest BCUT2D eigenvalue weighted by molar-refractivity contribution is 6.21. The first-order valence-electron chi connectivity index (χ1n) is 15.1. The van der Waals surface area contributed by atoms with Gasteiger partial charge in [-0.05, 0) is 100 Å². The second kappa shape index (κ2) is 9.54. The molecule has 0 fully saturated rings. The van der Waals surface area contributed by atoms with E-state index < -0.39 is 0 Å². The highest BCUT2D eigenvalue weighted by atomic mass is 14.3. The van der Waals surface area contributed by atoms with Crippen molar-refractivity contribution in [2.24, 2.45) is 0 Å². The van der Waals surface area contributed by atoms with Crippen molar-refractivity contribution >= 4 is 32.3 Å². The van der Waals surface area contributed by atoms with Crippen LogP contribution < -0.4 is 0 Å². The molecule has 0 saturated carbocycles. The van der Waals surface area contributed by atoms with Gasteiger partial charge in [-0.25, -0.2) is 0 Å². The van der Waals surface area contributed by atoms with Crippen LogP contribution in [0.25, 0.3) is 76.8 Å². The smallest absolute Gasteiger partial charge is 0.000706 e. The summed E-state index contributed by atoms with van der Waals surface area (Å²) in [6.45, 7) is 0. The molecule has 0 aliphatic heterocycles. The lowest BCUT2D eigenvalue weighted by atomic mass is 9.85. The van der Waals surface area contributed by atoms with Crippen molar-refractivity contribution in [3.63, 3.8) is 0 Å². The van der Waals surface area contributed by atoms with Crippen molar-refractivity contribution in [3.05, 3.63) is 169 Å². The largest absolute Gasteiger partial charge is 0.0622 e. The van der Waals surface area contributed by atoms with E-state index in [1.165, 1.54) is 88.0 Å². The van der Waals surface area contributed by atoms with E-state index in [1.54, 1.807) is 0 Å². The summed E-state index contributed by atoms with van der Waals surface area (Å²) in [6.07, 6.45) is 0.976. The van der Waals surface area contributed by atoms with Crippen LogP contribution in [-0.2, 0) is 6.42 Å². The molecule has 0 bridgehead atoms. The Kier molecular flexibility index (Phi) is 5.36. The lowest BCUT2D eigenvalue weighted by molar-refractivity contribution is 1.27. The van der Waals surface area contributed by atoms with E-state index in [4.69, 9.17) is 0 Å². The molecular formula is C43H28. The summed E-state index contributed by atoms with van der Waals surface area (Å²) in [5, 5.41) is 7.77. The van der Waals surface area contributed by atoms with Gasteiger partial charge in [-0.3, -0.25) is 0 Å². The molecule has 0 heteroatoms. The Hall–Kier alpha value is -5.46. The fourth-order valence-corrected chi connectivity index (χ4v) is 7.43.